The highest BCUT2D eigenvalue weighted by Gasteiger charge is 2.08. The highest BCUT2D eigenvalue weighted by Crippen LogP contribution is 2.14. The van der Waals surface area contributed by atoms with Crippen LogP contribution in [0.4, 0.5) is 11.8 Å². The van der Waals surface area contributed by atoms with Gasteiger partial charge in [0.25, 0.3) is 0 Å². The number of nitrogens with zero attached hydrogens (tertiary/aromatic N) is 4. The minimum absolute atomic E-state index is 0.633. The first-order valence-corrected chi connectivity index (χ1v) is 6.41. The molecule has 100 valence electrons. The molecule has 0 saturated carbocycles. The van der Waals surface area contributed by atoms with Crippen LogP contribution in [0, 0.1) is 6.92 Å². The van der Waals surface area contributed by atoms with E-state index in [-0.39, 0.29) is 0 Å². The molecule has 0 saturated heterocycles. The van der Waals surface area contributed by atoms with Crippen LogP contribution < -0.4 is 10.2 Å². The number of hydrogen-bond acceptors (Lipinski definition) is 5. The SMILES string of the molecule is CCN(Cc1cccc(C)n1)c1ccnc(NC)n1. The van der Waals surface area contributed by atoms with Crippen LogP contribution in [-0.2, 0) is 6.54 Å². The third-order valence-electron chi connectivity index (χ3n) is 2.87. The summed E-state index contributed by atoms with van der Waals surface area (Å²) in [6.45, 7) is 5.73. The predicted molar refractivity (Wildman–Crippen MR) is 77.3 cm³/mol. The summed E-state index contributed by atoms with van der Waals surface area (Å²) in [5.41, 5.74) is 2.08. The quantitative estimate of drug-likeness (QED) is 0.890. The van der Waals surface area contributed by atoms with E-state index in [4.69, 9.17) is 0 Å². The number of aromatic nitrogens is 3. The Hall–Kier alpha value is -2.17. The van der Waals surface area contributed by atoms with E-state index in [2.05, 4.69) is 32.1 Å². The lowest BCUT2D eigenvalue weighted by molar-refractivity contribution is 0.788. The minimum atomic E-state index is 0.633. The topological polar surface area (TPSA) is 53.9 Å². The second-order valence-electron chi connectivity index (χ2n) is 4.27. The fourth-order valence-corrected chi connectivity index (χ4v) is 1.88. The molecule has 0 amide bonds. The molecule has 0 aliphatic heterocycles. The Balaban J connectivity index is 2.19. The van der Waals surface area contributed by atoms with Crippen molar-refractivity contribution >= 4 is 11.8 Å². The molecule has 2 heterocycles. The van der Waals surface area contributed by atoms with Crippen LogP contribution in [0.2, 0.25) is 0 Å². The average Bonchev–Trinajstić information content (AvgIpc) is 2.45. The number of anilines is 2. The lowest BCUT2D eigenvalue weighted by atomic mass is 10.3. The summed E-state index contributed by atoms with van der Waals surface area (Å²) in [5.74, 6) is 1.54. The van der Waals surface area contributed by atoms with E-state index in [1.54, 1.807) is 6.20 Å². The lowest BCUT2D eigenvalue weighted by Crippen LogP contribution is -2.24. The molecule has 2 aromatic heterocycles. The van der Waals surface area contributed by atoms with Gasteiger partial charge in [-0.05, 0) is 32.0 Å². The van der Waals surface area contributed by atoms with E-state index in [9.17, 15) is 0 Å². The van der Waals surface area contributed by atoms with E-state index in [1.165, 1.54) is 0 Å². The van der Waals surface area contributed by atoms with E-state index < -0.39 is 0 Å². The van der Waals surface area contributed by atoms with Gasteiger partial charge in [0.05, 0.1) is 12.2 Å². The lowest BCUT2D eigenvalue weighted by Gasteiger charge is -2.21. The third-order valence-corrected chi connectivity index (χ3v) is 2.87. The van der Waals surface area contributed by atoms with Crippen molar-refractivity contribution in [1.82, 2.24) is 15.0 Å². The Bertz CT molecular complexity index is 541. The van der Waals surface area contributed by atoms with Gasteiger partial charge in [0.2, 0.25) is 5.95 Å². The van der Waals surface area contributed by atoms with Crippen LogP contribution in [0.25, 0.3) is 0 Å². The fourth-order valence-electron chi connectivity index (χ4n) is 1.88. The molecule has 2 rings (SSSR count). The van der Waals surface area contributed by atoms with E-state index >= 15 is 0 Å². The van der Waals surface area contributed by atoms with Crippen LogP contribution in [0.15, 0.2) is 30.5 Å². The van der Waals surface area contributed by atoms with Gasteiger partial charge in [-0.1, -0.05) is 6.07 Å². The Kier molecular flexibility index (Phi) is 4.28. The van der Waals surface area contributed by atoms with Gasteiger partial charge in [0, 0.05) is 25.5 Å². The molecule has 0 aromatic carbocycles. The largest absolute Gasteiger partial charge is 0.357 e. The minimum Gasteiger partial charge on any atom is -0.357 e. The Morgan fingerprint density at radius 2 is 2.05 bits per heavy atom. The Morgan fingerprint density at radius 3 is 2.74 bits per heavy atom. The number of hydrogen-bond donors (Lipinski definition) is 1. The molecule has 5 nitrogen and oxygen atoms in total. The van der Waals surface area contributed by atoms with Crippen molar-refractivity contribution in [3.63, 3.8) is 0 Å². The normalized spacial score (nSPS) is 10.3. The first-order valence-electron chi connectivity index (χ1n) is 6.41. The van der Waals surface area contributed by atoms with Gasteiger partial charge in [-0.15, -0.1) is 0 Å². The van der Waals surface area contributed by atoms with Crippen molar-refractivity contribution < 1.29 is 0 Å². The van der Waals surface area contributed by atoms with Crippen molar-refractivity contribution in [2.45, 2.75) is 20.4 Å². The fraction of sp³-hybridized carbons (Fsp3) is 0.357. The van der Waals surface area contributed by atoms with Crippen LogP contribution in [-0.4, -0.2) is 28.5 Å². The van der Waals surface area contributed by atoms with Crippen molar-refractivity contribution in [2.75, 3.05) is 23.8 Å². The second kappa shape index (κ2) is 6.13. The molecule has 1 N–H and O–H groups in total. The highest BCUT2D eigenvalue weighted by molar-refractivity contribution is 5.42. The van der Waals surface area contributed by atoms with Gasteiger partial charge in [0.1, 0.15) is 5.82 Å². The Morgan fingerprint density at radius 1 is 1.21 bits per heavy atom. The molecule has 0 fully saturated rings. The van der Waals surface area contributed by atoms with Crippen LogP contribution in [0.1, 0.15) is 18.3 Å². The summed E-state index contributed by atoms with van der Waals surface area (Å²) in [5, 5.41) is 2.95. The molecular weight excluding hydrogens is 238 g/mol. The predicted octanol–water partition coefficient (Wildman–Crippen LogP) is 2.25. The summed E-state index contributed by atoms with van der Waals surface area (Å²) in [7, 11) is 1.82. The highest BCUT2D eigenvalue weighted by atomic mass is 15.2. The van der Waals surface area contributed by atoms with Crippen molar-refractivity contribution in [2.24, 2.45) is 0 Å². The van der Waals surface area contributed by atoms with E-state index in [0.717, 1.165) is 30.3 Å². The summed E-state index contributed by atoms with van der Waals surface area (Å²) in [4.78, 5) is 15.3. The van der Waals surface area contributed by atoms with Gasteiger partial charge in [-0.25, -0.2) is 4.98 Å². The molecule has 0 unspecified atom stereocenters. The summed E-state index contributed by atoms with van der Waals surface area (Å²) in [6.07, 6.45) is 1.76. The number of aryl methyl sites for hydroxylation is 1. The van der Waals surface area contributed by atoms with Gasteiger partial charge in [-0.3, -0.25) is 4.98 Å². The van der Waals surface area contributed by atoms with Gasteiger partial charge < -0.3 is 10.2 Å². The first kappa shape index (κ1) is 13.3. The molecule has 0 aliphatic carbocycles. The number of rotatable bonds is 5. The maximum atomic E-state index is 4.53. The summed E-state index contributed by atoms with van der Waals surface area (Å²) >= 11 is 0. The summed E-state index contributed by atoms with van der Waals surface area (Å²) < 4.78 is 0. The molecule has 0 radical (unpaired) electrons. The number of pyridine rings is 1. The summed E-state index contributed by atoms with van der Waals surface area (Å²) in [6, 6.07) is 7.99. The van der Waals surface area contributed by atoms with Gasteiger partial charge in [0.15, 0.2) is 0 Å². The van der Waals surface area contributed by atoms with Crippen LogP contribution in [0.5, 0.6) is 0 Å². The maximum Gasteiger partial charge on any atom is 0.224 e. The van der Waals surface area contributed by atoms with Gasteiger partial charge in [-0.2, -0.15) is 4.98 Å². The first-order chi connectivity index (χ1) is 9.22. The zero-order valence-electron chi connectivity index (χ0n) is 11.6. The van der Waals surface area contributed by atoms with Crippen LogP contribution >= 0.6 is 0 Å². The zero-order valence-corrected chi connectivity index (χ0v) is 11.6. The standard InChI is InChI=1S/C14H19N5/c1-4-19(10-12-7-5-6-11(2)17-12)13-8-9-16-14(15-3)18-13/h5-9H,4,10H2,1-3H3,(H,15,16,18). The van der Waals surface area contributed by atoms with E-state index in [0.29, 0.717) is 5.95 Å². The van der Waals surface area contributed by atoms with Crippen molar-refractivity contribution in [3.05, 3.63) is 41.9 Å². The molecule has 19 heavy (non-hydrogen) atoms. The molecule has 5 heteroatoms. The van der Waals surface area contributed by atoms with Crippen molar-refractivity contribution in [3.8, 4) is 0 Å². The molecular formula is C14H19N5. The van der Waals surface area contributed by atoms with E-state index in [1.807, 2.05) is 38.2 Å². The number of nitrogens with one attached hydrogen (secondary N) is 1. The maximum absolute atomic E-state index is 4.53. The zero-order chi connectivity index (χ0) is 13.7. The molecule has 0 spiro atoms. The van der Waals surface area contributed by atoms with Gasteiger partial charge >= 0.3 is 0 Å². The smallest absolute Gasteiger partial charge is 0.224 e. The van der Waals surface area contributed by atoms with Crippen molar-refractivity contribution in [1.29, 1.82) is 0 Å². The monoisotopic (exact) mass is 257 g/mol. The average molecular weight is 257 g/mol. The molecule has 0 bridgehead atoms. The van der Waals surface area contributed by atoms with Crippen LogP contribution in [0.3, 0.4) is 0 Å². The third kappa shape index (κ3) is 3.40. The molecule has 0 aliphatic rings. The second-order valence-corrected chi connectivity index (χ2v) is 4.27. The molecule has 0 atom stereocenters. The Labute approximate surface area is 113 Å². The molecule has 2 aromatic rings.